The first kappa shape index (κ1) is 13.1. The van der Waals surface area contributed by atoms with Crippen LogP contribution in [0.4, 0.5) is 0 Å². The number of aliphatic hydroxyl groups is 1. The van der Waals surface area contributed by atoms with Crippen molar-refractivity contribution in [2.45, 2.75) is 6.92 Å². The number of aryl methyl sites for hydroxylation is 1. The summed E-state index contributed by atoms with van der Waals surface area (Å²) < 4.78 is 6.52. The van der Waals surface area contributed by atoms with E-state index in [-0.39, 0.29) is 6.61 Å². The highest BCUT2D eigenvalue weighted by molar-refractivity contribution is 7.21. The minimum atomic E-state index is 0.0232. The smallest absolute Gasteiger partial charge is 0.124 e. The molecule has 0 saturated heterocycles. The Morgan fingerprint density at radius 1 is 1.15 bits per heavy atom. The zero-order valence-corrected chi connectivity index (χ0v) is 12.0. The molecule has 1 aromatic heterocycles. The zero-order valence-electron chi connectivity index (χ0n) is 11.2. The van der Waals surface area contributed by atoms with Crippen LogP contribution < -0.4 is 4.74 Å². The van der Waals surface area contributed by atoms with Crippen LogP contribution in [0.2, 0.25) is 0 Å². The number of rotatable bonds is 4. The number of aliphatic hydroxyl groups excluding tert-OH is 1. The van der Waals surface area contributed by atoms with Gasteiger partial charge < -0.3 is 9.84 Å². The summed E-state index contributed by atoms with van der Waals surface area (Å²) in [6, 6.07) is 14.2. The van der Waals surface area contributed by atoms with Gasteiger partial charge in [0.15, 0.2) is 0 Å². The van der Waals surface area contributed by atoms with Crippen LogP contribution in [0.5, 0.6) is 5.75 Å². The predicted molar refractivity (Wildman–Crippen MR) is 82.4 cm³/mol. The molecule has 0 unspecified atom stereocenters. The molecule has 102 valence electrons. The third-order valence-corrected chi connectivity index (χ3v) is 4.09. The molecule has 0 aliphatic rings. The van der Waals surface area contributed by atoms with Crippen LogP contribution in [0.25, 0.3) is 20.8 Å². The van der Waals surface area contributed by atoms with Gasteiger partial charge in [0.25, 0.3) is 0 Å². The fraction of sp³-hybridized carbons (Fsp3) is 0.188. The Morgan fingerprint density at radius 3 is 2.70 bits per heavy atom. The minimum absolute atomic E-state index is 0.0232. The van der Waals surface area contributed by atoms with E-state index < -0.39 is 0 Å². The van der Waals surface area contributed by atoms with Crippen molar-refractivity contribution < 1.29 is 9.84 Å². The van der Waals surface area contributed by atoms with Crippen molar-refractivity contribution in [3.63, 3.8) is 0 Å². The number of benzene rings is 2. The molecular formula is C16H15NO2S. The van der Waals surface area contributed by atoms with Crippen LogP contribution >= 0.6 is 11.3 Å². The van der Waals surface area contributed by atoms with Gasteiger partial charge in [0.05, 0.1) is 16.8 Å². The molecule has 0 aliphatic carbocycles. The lowest BCUT2D eigenvalue weighted by Gasteiger charge is -2.02. The van der Waals surface area contributed by atoms with Gasteiger partial charge in [-0.2, -0.15) is 0 Å². The maximum absolute atomic E-state index is 8.78. The Hall–Kier alpha value is -1.91. The van der Waals surface area contributed by atoms with Crippen LogP contribution in [0.1, 0.15) is 5.56 Å². The van der Waals surface area contributed by atoms with Crippen molar-refractivity contribution in [3.05, 3.63) is 48.0 Å². The van der Waals surface area contributed by atoms with E-state index in [2.05, 4.69) is 36.2 Å². The van der Waals surface area contributed by atoms with Gasteiger partial charge in [-0.05, 0) is 25.1 Å². The Balaban J connectivity index is 1.95. The molecule has 0 fully saturated rings. The molecule has 1 heterocycles. The molecule has 0 amide bonds. The average Bonchev–Trinajstić information content (AvgIpc) is 2.89. The fourth-order valence-corrected chi connectivity index (χ4v) is 2.98. The Labute approximate surface area is 121 Å². The molecule has 0 saturated carbocycles. The summed E-state index contributed by atoms with van der Waals surface area (Å²) >= 11 is 1.65. The minimum Gasteiger partial charge on any atom is -0.491 e. The molecule has 0 radical (unpaired) electrons. The highest BCUT2D eigenvalue weighted by Gasteiger charge is 2.07. The van der Waals surface area contributed by atoms with Gasteiger partial charge in [0.1, 0.15) is 17.4 Å². The molecule has 3 rings (SSSR count). The second-order valence-corrected chi connectivity index (χ2v) is 5.62. The van der Waals surface area contributed by atoms with Crippen molar-refractivity contribution in [1.82, 2.24) is 4.98 Å². The number of hydrogen-bond donors (Lipinski definition) is 1. The Bertz CT molecular complexity index is 719. The highest BCUT2D eigenvalue weighted by Crippen LogP contribution is 2.32. The summed E-state index contributed by atoms with van der Waals surface area (Å²) in [5, 5.41) is 9.79. The molecule has 0 spiro atoms. The van der Waals surface area contributed by atoms with Crippen molar-refractivity contribution >= 4 is 21.6 Å². The standard InChI is InChI=1S/C16H15NO2S/c1-11-2-4-12(5-3-11)16-17-14-7-6-13(19-9-8-18)10-15(14)20-16/h2-7,10,18H,8-9H2,1H3. The van der Waals surface area contributed by atoms with Crippen LogP contribution in [-0.4, -0.2) is 23.3 Å². The summed E-state index contributed by atoms with van der Waals surface area (Å²) in [5.41, 5.74) is 3.35. The van der Waals surface area contributed by atoms with Crippen molar-refractivity contribution in [3.8, 4) is 16.3 Å². The van der Waals surface area contributed by atoms with Crippen LogP contribution in [0.3, 0.4) is 0 Å². The molecule has 20 heavy (non-hydrogen) atoms. The summed E-state index contributed by atoms with van der Waals surface area (Å²) in [6.07, 6.45) is 0. The summed E-state index contributed by atoms with van der Waals surface area (Å²) in [5.74, 6) is 0.769. The summed E-state index contributed by atoms with van der Waals surface area (Å²) in [4.78, 5) is 4.65. The number of ether oxygens (including phenoxy) is 1. The highest BCUT2D eigenvalue weighted by atomic mass is 32.1. The lowest BCUT2D eigenvalue weighted by atomic mass is 10.2. The first-order valence-corrected chi connectivity index (χ1v) is 7.29. The van der Waals surface area contributed by atoms with Crippen molar-refractivity contribution in [2.75, 3.05) is 13.2 Å². The van der Waals surface area contributed by atoms with Crippen LogP contribution in [0, 0.1) is 6.92 Å². The quantitative estimate of drug-likeness (QED) is 0.795. The van der Waals surface area contributed by atoms with Crippen molar-refractivity contribution in [2.24, 2.45) is 0 Å². The third-order valence-electron chi connectivity index (χ3n) is 3.02. The fourth-order valence-electron chi connectivity index (χ4n) is 1.98. The molecule has 0 aliphatic heterocycles. The van der Waals surface area contributed by atoms with Gasteiger partial charge in [-0.15, -0.1) is 11.3 Å². The Morgan fingerprint density at radius 2 is 1.95 bits per heavy atom. The average molecular weight is 285 g/mol. The molecule has 4 heteroatoms. The van der Waals surface area contributed by atoms with E-state index in [1.165, 1.54) is 5.56 Å². The van der Waals surface area contributed by atoms with Gasteiger partial charge in [-0.1, -0.05) is 29.8 Å². The van der Waals surface area contributed by atoms with Gasteiger partial charge in [-0.25, -0.2) is 4.98 Å². The molecule has 2 aromatic carbocycles. The number of aromatic nitrogens is 1. The number of thiazole rings is 1. The SMILES string of the molecule is Cc1ccc(-c2nc3ccc(OCCO)cc3s2)cc1. The lowest BCUT2D eigenvalue weighted by Crippen LogP contribution is -2.00. The topological polar surface area (TPSA) is 42.4 Å². The van der Waals surface area contributed by atoms with Gasteiger partial charge in [-0.3, -0.25) is 0 Å². The van der Waals surface area contributed by atoms with E-state index >= 15 is 0 Å². The zero-order chi connectivity index (χ0) is 13.9. The molecular weight excluding hydrogens is 270 g/mol. The molecule has 3 aromatic rings. The maximum Gasteiger partial charge on any atom is 0.124 e. The number of hydrogen-bond acceptors (Lipinski definition) is 4. The van der Waals surface area contributed by atoms with Gasteiger partial charge in [0, 0.05) is 5.56 Å². The van der Waals surface area contributed by atoms with E-state index in [1.807, 2.05) is 18.2 Å². The monoisotopic (exact) mass is 285 g/mol. The third kappa shape index (κ3) is 2.66. The molecule has 1 N–H and O–H groups in total. The van der Waals surface area contributed by atoms with Gasteiger partial charge in [0.2, 0.25) is 0 Å². The summed E-state index contributed by atoms with van der Waals surface area (Å²) in [6.45, 7) is 2.41. The normalized spacial score (nSPS) is 10.9. The number of nitrogens with zero attached hydrogens (tertiary/aromatic N) is 1. The van der Waals surface area contributed by atoms with Gasteiger partial charge >= 0.3 is 0 Å². The van der Waals surface area contributed by atoms with E-state index in [9.17, 15) is 0 Å². The largest absolute Gasteiger partial charge is 0.491 e. The Kier molecular flexibility index (Phi) is 3.67. The van der Waals surface area contributed by atoms with Crippen LogP contribution in [-0.2, 0) is 0 Å². The lowest BCUT2D eigenvalue weighted by molar-refractivity contribution is 0.201. The van der Waals surface area contributed by atoms with E-state index in [1.54, 1.807) is 11.3 Å². The molecule has 3 nitrogen and oxygen atoms in total. The summed E-state index contributed by atoms with van der Waals surface area (Å²) in [7, 11) is 0. The second-order valence-electron chi connectivity index (χ2n) is 4.59. The first-order valence-electron chi connectivity index (χ1n) is 6.47. The molecule has 0 bridgehead atoms. The molecule has 0 atom stereocenters. The van der Waals surface area contributed by atoms with Crippen molar-refractivity contribution in [1.29, 1.82) is 0 Å². The van der Waals surface area contributed by atoms with E-state index in [0.29, 0.717) is 6.61 Å². The number of fused-ring (bicyclic) bond motifs is 1. The second kappa shape index (κ2) is 5.61. The maximum atomic E-state index is 8.78. The van der Waals surface area contributed by atoms with E-state index in [4.69, 9.17) is 9.84 Å². The van der Waals surface area contributed by atoms with Crippen LogP contribution in [0.15, 0.2) is 42.5 Å². The first-order chi connectivity index (χ1) is 9.76. The predicted octanol–water partition coefficient (Wildman–Crippen LogP) is 3.64. The van der Waals surface area contributed by atoms with E-state index in [0.717, 1.165) is 26.5 Å².